The lowest BCUT2D eigenvalue weighted by Crippen LogP contribution is -1.87. The molecule has 0 aliphatic carbocycles. The number of hydrogen-bond donors (Lipinski definition) is 1. The highest BCUT2D eigenvalue weighted by Gasteiger charge is 2.00. The van der Waals surface area contributed by atoms with Crippen LogP contribution in [-0.2, 0) is 7.05 Å². The molecule has 0 amide bonds. The zero-order valence-electron chi connectivity index (χ0n) is 7.66. The molecule has 70 valence electrons. The van der Waals surface area contributed by atoms with Gasteiger partial charge in [-0.2, -0.15) is 5.10 Å². The van der Waals surface area contributed by atoms with Crippen molar-refractivity contribution in [1.82, 2.24) is 9.78 Å². The molecule has 0 saturated heterocycles. The molecule has 0 aromatic carbocycles. The molecule has 4 heteroatoms. The van der Waals surface area contributed by atoms with Crippen molar-refractivity contribution in [2.45, 2.75) is 6.92 Å². The Morgan fingerprint density at radius 2 is 2.38 bits per heavy atom. The van der Waals surface area contributed by atoms with E-state index in [9.17, 15) is 4.39 Å². The van der Waals surface area contributed by atoms with E-state index in [-0.39, 0.29) is 5.83 Å². The van der Waals surface area contributed by atoms with E-state index in [4.69, 9.17) is 5.73 Å². The Morgan fingerprint density at radius 1 is 1.69 bits per heavy atom. The highest BCUT2D eigenvalue weighted by atomic mass is 19.1. The minimum atomic E-state index is -0.277. The lowest BCUT2D eigenvalue weighted by Gasteiger charge is -1.95. The van der Waals surface area contributed by atoms with Gasteiger partial charge in [-0.1, -0.05) is 0 Å². The number of aryl methyl sites for hydroxylation is 1. The van der Waals surface area contributed by atoms with Crippen LogP contribution in [0.15, 0.2) is 30.5 Å². The largest absolute Gasteiger partial charge is 0.404 e. The lowest BCUT2D eigenvalue weighted by molar-refractivity contribution is 0.641. The van der Waals surface area contributed by atoms with Crippen LogP contribution in [0, 0.1) is 0 Å². The van der Waals surface area contributed by atoms with E-state index in [0.29, 0.717) is 5.57 Å². The van der Waals surface area contributed by atoms with Crippen LogP contribution >= 0.6 is 0 Å². The fourth-order valence-corrected chi connectivity index (χ4v) is 1.01. The Bertz CT molecular complexity index is 345. The van der Waals surface area contributed by atoms with Crippen LogP contribution in [0.3, 0.4) is 0 Å². The minimum Gasteiger partial charge on any atom is -0.404 e. The molecule has 0 aliphatic heterocycles. The van der Waals surface area contributed by atoms with Crippen LogP contribution in [0.1, 0.15) is 12.5 Å². The quantitative estimate of drug-likeness (QED) is 0.704. The summed E-state index contributed by atoms with van der Waals surface area (Å²) in [6.45, 7) is 1.37. The molecule has 0 saturated carbocycles. The summed E-state index contributed by atoms with van der Waals surface area (Å²) >= 11 is 0. The predicted octanol–water partition coefficient (Wildman–Crippen LogP) is 1.59. The highest BCUT2D eigenvalue weighted by molar-refractivity contribution is 5.73. The molecular weight excluding hydrogens is 169 g/mol. The molecule has 1 aromatic rings. The van der Waals surface area contributed by atoms with Crippen LogP contribution in [0.25, 0.3) is 5.57 Å². The summed E-state index contributed by atoms with van der Waals surface area (Å²) in [5, 5.41) is 3.96. The van der Waals surface area contributed by atoms with Crippen molar-refractivity contribution in [3.63, 3.8) is 0 Å². The third-order valence-electron chi connectivity index (χ3n) is 1.57. The minimum absolute atomic E-state index is 0.277. The average Bonchev–Trinajstić information content (AvgIpc) is 2.47. The van der Waals surface area contributed by atoms with Crippen molar-refractivity contribution in [3.05, 3.63) is 36.1 Å². The number of nitrogens with two attached hydrogens (primary N) is 1. The summed E-state index contributed by atoms with van der Waals surface area (Å²) in [4.78, 5) is 0. The summed E-state index contributed by atoms with van der Waals surface area (Å²) in [5.74, 6) is -0.277. The predicted molar refractivity (Wildman–Crippen MR) is 50.2 cm³/mol. The van der Waals surface area contributed by atoms with Gasteiger partial charge in [-0.3, -0.25) is 4.68 Å². The van der Waals surface area contributed by atoms with Crippen LogP contribution < -0.4 is 5.73 Å². The van der Waals surface area contributed by atoms with E-state index in [1.54, 1.807) is 24.1 Å². The Balaban J connectivity index is 2.99. The van der Waals surface area contributed by atoms with Crippen molar-refractivity contribution >= 4 is 5.57 Å². The number of hydrogen-bond acceptors (Lipinski definition) is 2. The zero-order chi connectivity index (χ0) is 9.84. The van der Waals surface area contributed by atoms with Gasteiger partial charge in [0.15, 0.2) is 0 Å². The van der Waals surface area contributed by atoms with Crippen molar-refractivity contribution in [3.8, 4) is 0 Å². The Morgan fingerprint density at radius 3 is 2.77 bits per heavy atom. The maximum atomic E-state index is 12.6. The first kappa shape index (κ1) is 9.51. The van der Waals surface area contributed by atoms with E-state index in [0.717, 1.165) is 5.56 Å². The Kier molecular flexibility index (Phi) is 2.84. The number of allylic oxidation sites excluding steroid dienone is 3. The lowest BCUT2D eigenvalue weighted by atomic mass is 10.1. The zero-order valence-corrected chi connectivity index (χ0v) is 7.66. The topological polar surface area (TPSA) is 43.8 Å². The van der Waals surface area contributed by atoms with E-state index >= 15 is 0 Å². The SMILES string of the molecule is C/C(F)=C\C(=C/N)c1cnn(C)c1. The monoisotopic (exact) mass is 181 g/mol. The van der Waals surface area contributed by atoms with Gasteiger partial charge in [0, 0.05) is 30.6 Å². The summed E-state index contributed by atoms with van der Waals surface area (Å²) in [6, 6.07) is 0. The molecule has 3 nitrogen and oxygen atoms in total. The van der Waals surface area contributed by atoms with Gasteiger partial charge < -0.3 is 5.73 Å². The summed E-state index contributed by atoms with van der Waals surface area (Å²) in [5.41, 5.74) is 6.79. The fraction of sp³-hybridized carbons (Fsp3) is 0.222. The number of nitrogens with zero attached hydrogens (tertiary/aromatic N) is 2. The molecule has 0 aliphatic rings. The highest BCUT2D eigenvalue weighted by Crippen LogP contribution is 2.15. The Labute approximate surface area is 76.4 Å². The van der Waals surface area contributed by atoms with Gasteiger partial charge in [0.1, 0.15) is 0 Å². The van der Waals surface area contributed by atoms with Crippen LogP contribution in [0.5, 0.6) is 0 Å². The molecule has 0 bridgehead atoms. The molecule has 1 rings (SSSR count). The first-order chi connectivity index (χ1) is 6.13. The van der Waals surface area contributed by atoms with Crippen LogP contribution in [-0.4, -0.2) is 9.78 Å². The second kappa shape index (κ2) is 3.89. The normalized spacial score (nSPS) is 13.5. The van der Waals surface area contributed by atoms with Gasteiger partial charge in [-0.15, -0.1) is 0 Å². The van der Waals surface area contributed by atoms with Gasteiger partial charge in [0.05, 0.1) is 12.0 Å². The second-order valence-corrected chi connectivity index (χ2v) is 2.76. The summed E-state index contributed by atoms with van der Waals surface area (Å²) in [6.07, 6.45) is 6.15. The summed E-state index contributed by atoms with van der Waals surface area (Å²) in [7, 11) is 1.80. The number of halogens is 1. The molecule has 13 heavy (non-hydrogen) atoms. The second-order valence-electron chi connectivity index (χ2n) is 2.76. The van der Waals surface area contributed by atoms with E-state index < -0.39 is 0 Å². The van der Waals surface area contributed by atoms with Gasteiger partial charge in [-0.25, -0.2) is 4.39 Å². The maximum absolute atomic E-state index is 12.6. The fourth-order valence-electron chi connectivity index (χ4n) is 1.01. The third-order valence-corrected chi connectivity index (χ3v) is 1.57. The standard InChI is InChI=1S/C9H12FN3/c1-7(10)3-8(4-11)9-5-12-13(2)6-9/h3-6H,11H2,1-2H3/b7-3+,8-4+. The first-order valence-electron chi connectivity index (χ1n) is 3.88. The molecule has 0 unspecified atom stereocenters. The van der Waals surface area contributed by atoms with E-state index in [1.807, 2.05) is 0 Å². The van der Waals surface area contributed by atoms with Gasteiger partial charge >= 0.3 is 0 Å². The first-order valence-corrected chi connectivity index (χ1v) is 3.88. The molecule has 1 aromatic heterocycles. The molecule has 2 N–H and O–H groups in total. The number of rotatable bonds is 2. The van der Waals surface area contributed by atoms with Crippen molar-refractivity contribution in [2.24, 2.45) is 12.8 Å². The molecule has 0 atom stereocenters. The maximum Gasteiger partial charge on any atom is 0.0975 e. The van der Waals surface area contributed by atoms with Crippen molar-refractivity contribution in [1.29, 1.82) is 0 Å². The van der Waals surface area contributed by atoms with Crippen LogP contribution in [0.2, 0.25) is 0 Å². The summed E-state index contributed by atoms with van der Waals surface area (Å²) < 4.78 is 14.2. The van der Waals surface area contributed by atoms with Crippen LogP contribution in [0.4, 0.5) is 4.39 Å². The molecule has 0 radical (unpaired) electrons. The van der Waals surface area contributed by atoms with E-state index in [1.165, 1.54) is 19.2 Å². The third kappa shape index (κ3) is 2.43. The molecule has 0 fully saturated rings. The Hall–Kier alpha value is -1.58. The van der Waals surface area contributed by atoms with Gasteiger partial charge in [-0.05, 0) is 13.0 Å². The molecular formula is C9H12FN3. The van der Waals surface area contributed by atoms with E-state index in [2.05, 4.69) is 5.10 Å². The smallest absolute Gasteiger partial charge is 0.0975 e. The van der Waals surface area contributed by atoms with Gasteiger partial charge in [0.2, 0.25) is 0 Å². The average molecular weight is 181 g/mol. The molecule has 0 spiro atoms. The molecule has 1 heterocycles. The number of aromatic nitrogens is 2. The van der Waals surface area contributed by atoms with Crippen molar-refractivity contribution in [2.75, 3.05) is 0 Å². The van der Waals surface area contributed by atoms with Crippen molar-refractivity contribution < 1.29 is 4.39 Å². The van der Waals surface area contributed by atoms with Gasteiger partial charge in [0.25, 0.3) is 0 Å².